The summed E-state index contributed by atoms with van der Waals surface area (Å²) >= 11 is 0. The summed E-state index contributed by atoms with van der Waals surface area (Å²) in [5.41, 5.74) is 9.10. The third kappa shape index (κ3) is 5.06. The van der Waals surface area contributed by atoms with Gasteiger partial charge in [0.15, 0.2) is 0 Å². The zero-order chi connectivity index (χ0) is 16.9. The number of hydrogen-bond donors (Lipinski definition) is 2. The van der Waals surface area contributed by atoms with E-state index in [0.29, 0.717) is 0 Å². The molecule has 1 aliphatic rings. The van der Waals surface area contributed by atoms with Crippen molar-refractivity contribution >= 4 is 18.3 Å². The van der Waals surface area contributed by atoms with E-state index in [1.807, 2.05) is 30.1 Å². The number of rotatable bonds is 6. The standard InChI is InChI=1S/C19H26N4O.ClH/c1-23(19(24)15-9-10-16(20)12-15)11-5-8-17-13-18(22-21-17)14-6-3-2-4-7-14;/h2-4,6-7,13,15-16H,5,8-12,20H2,1H3,(H,21,22);1H. The quantitative estimate of drug-likeness (QED) is 0.829. The van der Waals surface area contributed by atoms with Gasteiger partial charge in [0.2, 0.25) is 5.91 Å². The number of hydrogen-bond acceptors (Lipinski definition) is 3. The third-order valence-corrected chi connectivity index (χ3v) is 4.84. The predicted molar refractivity (Wildman–Crippen MR) is 103 cm³/mol. The molecule has 1 aliphatic carbocycles. The molecule has 2 unspecified atom stereocenters. The summed E-state index contributed by atoms with van der Waals surface area (Å²) in [4.78, 5) is 14.2. The maximum atomic E-state index is 12.4. The van der Waals surface area contributed by atoms with Crippen LogP contribution in [0.4, 0.5) is 0 Å². The van der Waals surface area contributed by atoms with Gasteiger partial charge in [-0.05, 0) is 38.2 Å². The zero-order valence-corrected chi connectivity index (χ0v) is 15.5. The molecule has 2 atom stereocenters. The second-order valence-electron chi connectivity index (χ2n) is 6.78. The number of halogens is 1. The Bertz CT molecular complexity index is 673. The van der Waals surface area contributed by atoms with Crippen molar-refractivity contribution in [3.8, 4) is 11.3 Å². The Labute approximate surface area is 155 Å². The summed E-state index contributed by atoms with van der Waals surface area (Å²) in [5.74, 6) is 0.374. The molecule has 1 aromatic heterocycles. The lowest BCUT2D eigenvalue weighted by Crippen LogP contribution is -2.33. The average Bonchev–Trinajstić information content (AvgIpc) is 3.24. The zero-order valence-electron chi connectivity index (χ0n) is 14.6. The molecule has 1 fully saturated rings. The van der Waals surface area contributed by atoms with Crippen LogP contribution in [0.3, 0.4) is 0 Å². The van der Waals surface area contributed by atoms with Gasteiger partial charge in [0.05, 0.1) is 5.69 Å². The van der Waals surface area contributed by atoms with Gasteiger partial charge in [-0.25, -0.2) is 0 Å². The molecule has 25 heavy (non-hydrogen) atoms. The molecule has 1 amide bonds. The van der Waals surface area contributed by atoms with Crippen molar-refractivity contribution in [3.63, 3.8) is 0 Å². The molecule has 3 rings (SSSR count). The maximum absolute atomic E-state index is 12.4. The fraction of sp³-hybridized carbons (Fsp3) is 0.474. The molecule has 5 nitrogen and oxygen atoms in total. The van der Waals surface area contributed by atoms with Crippen LogP contribution < -0.4 is 5.73 Å². The summed E-state index contributed by atoms with van der Waals surface area (Å²) < 4.78 is 0. The van der Waals surface area contributed by atoms with E-state index in [1.54, 1.807) is 0 Å². The second-order valence-corrected chi connectivity index (χ2v) is 6.78. The highest BCUT2D eigenvalue weighted by molar-refractivity contribution is 5.85. The molecule has 1 saturated carbocycles. The minimum absolute atomic E-state index is 0. The van der Waals surface area contributed by atoms with Gasteiger partial charge >= 0.3 is 0 Å². The summed E-state index contributed by atoms with van der Waals surface area (Å²) in [6.07, 6.45) is 4.56. The highest BCUT2D eigenvalue weighted by Gasteiger charge is 2.29. The van der Waals surface area contributed by atoms with E-state index in [1.165, 1.54) is 0 Å². The van der Waals surface area contributed by atoms with E-state index in [9.17, 15) is 4.79 Å². The fourth-order valence-electron chi connectivity index (χ4n) is 3.42. The van der Waals surface area contributed by atoms with E-state index in [4.69, 9.17) is 5.73 Å². The summed E-state index contributed by atoms with van der Waals surface area (Å²) in [7, 11) is 1.90. The number of nitrogens with one attached hydrogen (secondary N) is 1. The normalized spacial score (nSPS) is 19.4. The fourth-order valence-corrected chi connectivity index (χ4v) is 3.42. The molecule has 1 aromatic carbocycles. The van der Waals surface area contributed by atoms with Crippen molar-refractivity contribution in [1.82, 2.24) is 15.1 Å². The SMILES string of the molecule is CN(CCCc1cc(-c2ccccc2)n[nH]1)C(=O)C1CCC(N)C1.Cl. The van der Waals surface area contributed by atoms with E-state index < -0.39 is 0 Å². The number of benzene rings is 1. The first-order valence-electron chi connectivity index (χ1n) is 8.73. The average molecular weight is 363 g/mol. The number of nitrogens with zero attached hydrogens (tertiary/aromatic N) is 2. The van der Waals surface area contributed by atoms with Crippen molar-refractivity contribution in [3.05, 3.63) is 42.1 Å². The molecule has 0 bridgehead atoms. The molecule has 0 saturated heterocycles. The Morgan fingerprint density at radius 3 is 2.76 bits per heavy atom. The first kappa shape index (κ1) is 19.5. The molecule has 0 radical (unpaired) electrons. The number of aromatic nitrogens is 2. The van der Waals surface area contributed by atoms with Crippen LogP contribution in [0.25, 0.3) is 11.3 Å². The van der Waals surface area contributed by atoms with E-state index in [0.717, 1.165) is 55.6 Å². The van der Waals surface area contributed by atoms with Crippen LogP contribution in [0.2, 0.25) is 0 Å². The summed E-state index contributed by atoms with van der Waals surface area (Å²) in [6.45, 7) is 0.768. The lowest BCUT2D eigenvalue weighted by atomic mass is 10.1. The molecule has 2 aromatic rings. The Morgan fingerprint density at radius 1 is 1.32 bits per heavy atom. The van der Waals surface area contributed by atoms with E-state index >= 15 is 0 Å². The van der Waals surface area contributed by atoms with Crippen molar-refractivity contribution in [1.29, 1.82) is 0 Å². The second kappa shape index (κ2) is 9.02. The molecular formula is C19H27ClN4O. The Balaban J connectivity index is 0.00000225. The monoisotopic (exact) mass is 362 g/mol. The first-order valence-corrected chi connectivity index (χ1v) is 8.73. The minimum atomic E-state index is 0. The van der Waals surface area contributed by atoms with Gasteiger partial charge in [-0.1, -0.05) is 30.3 Å². The molecule has 136 valence electrons. The van der Waals surface area contributed by atoms with Gasteiger partial charge in [-0.2, -0.15) is 5.10 Å². The van der Waals surface area contributed by atoms with Gasteiger partial charge in [0.1, 0.15) is 0 Å². The first-order chi connectivity index (χ1) is 11.6. The molecule has 3 N–H and O–H groups in total. The lowest BCUT2D eigenvalue weighted by molar-refractivity contribution is -0.134. The molecular weight excluding hydrogens is 336 g/mol. The topological polar surface area (TPSA) is 75.0 Å². The number of amides is 1. The Kier molecular flexibility index (Phi) is 7.02. The number of nitrogens with two attached hydrogens (primary N) is 1. The van der Waals surface area contributed by atoms with Crippen molar-refractivity contribution < 1.29 is 4.79 Å². The van der Waals surface area contributed by atoms with Gasteiger partial charge in [-0.15, -0.1) is 12.4 Å². The Morgan fingerprint density at radius 2 is 2.08 bits per heavy atom. The predicted octanol–water partition coefficient (Wildman–Crippen LogP) is 3.02. The third-order valence-electron chi connectivity index (χ3n) is 4.84. The highest BCUT2D eigenvalue weighted by atomic mass is 35.5. The number of H-pyrrole nitrogens is 1. The smallest absolute Gasteiger partial charge is 0.225 e. The van der Waals surface area contributed by atoms with Crippen LogP contribution in [0.1, 0.15) is 31.4 Å². The maximum Gasteiger partial charge on any atom is 0.225 e. The number of aromatic amines is 1. The molecule has 6 heteroatoms. The van der Waals surface area contributed by atoms with Crippen LogP contribution in [0.5, 0.6) is 0 Å². The molecule has 0 spiro atoms. The lowest BCUT2D eigenvalue weighted by Gasteiger charge is -2.20. The van der Waals surface area contributed by atoms with E-state index in [2.05, 4.69) is 28.4 Å². The van der Waals surface area contributed by atoms with Gasteiger partial charge in [-0.3, -0.25) is 9.89 Å². The number of aryl methyl sites for hydroxylation is 1. The van der Waals surface area contributed by atoms with Crippen LogP contribution >= 0.6 is 12.4 Å². The van der Waals surface area contributed by atoms with Gasteiger partial charge < -0.3 is 10.6 Å². The summed E-state index contributed by atoms with van der Waals surface area (Å²) in [5, 5.41) is 7.47. The molecule has 0 aliphatic heterocycles. The largest absolute Gasteiger partial charge is 0.346 e. The Hall–Kier alpha value is -1.85. The van der Waals surface area contributed by atoms with Crippen LogP contribution in [0, 0.1) is 5.92 Å². The number of carbonyl (C=O) groups is 1. The van der Waals surface area contributed by atoms with Crippen LogP contribution in [0.15, 0.2) is 36.4 Å². The van der Waals surface area contributed by atoms with Gasteiger partial charge in [0, 0.05) is 36.8 Å². The molecule has 1 heterocycles. The summed E-state index contributed by atoms with van der Waals surface area (Å²) in [6, 6.07) is 12.4. The number of carbonyl (C=O) groups excluding carboxylic acids is 1. The van der Waals surface area contributed by atoms with Gasteiger partial charge in [0.25, 0.3) is 0 Å². The van der Waals surface area contributed by atoms with Crippen molar-refractivity contribution in [2.24, 2.45) is 11.7 Å². The van der Waals surface area contributed by atoms with E-state index in [-0.39, 0.29) is 30.3 Å². The minimum Gasteiger partial charge on any atom is -0.346 e. The van der Waals surface area contributed by atoms with Crippen LogP contribution in [-0.4, -0.2) is 40.6 Å². The van der Waals surface area contributed by atoms with Crippen molar-refractivity contribution in [2.45, 2.75) is 38.1 Å². The van der Waals surface area contributed by atoms with Crippen molar-refractivity contribution in [2.75, 3.05) is 13.6 Å². The highest BCUT2D eigenvalue weighted by Crippen LogP contribution is 2.25. The van der Waals surface area contributed by atoms with Crippen LogP contribution in [-0.2, 0) is 11.2 Å².